The zero-order valence-corrected chi connectivity index (χ0v) is 16.2. The maximum absolute atomic E-state index is 9.40. The van der Waals surface area contributed by atoms with Crippen LogP contribution in [0.4, 0.5) is 0 Å². The largest absolute Gasteiger partial charge is 0.261 e. The van der Waals surface area contributed by atoms with Gasteiger partial charge in [0.15, 0.2) is 0 Å². The summed E-state index contributed by atoms with van der Waals surface area (Å²) < 4.78 is 0. The van der Waals surface area contributed by atoms with Gasteiger partial charge in [-0.15, -0.1) is 0 Å². The highest BCUT2D eigenvalue weighted by Crippen LogP contribution is 2.22. The molecule has 1 unspecified atom stereocenters. The monoisotopic (exact) mass is 344 g/mol. The summed E-state index contributed by atoms with van der Waals surface area (Å²) in [5, 5.41) is 9.40. The van der Waals surface area contributed by atoms with E-state index in [1.54, 1.807) is 0 Å². The van der Waals surface area contributed by atoms with Gasteiger partial charge in [-0.25, -0.2) is 0 Å². The van der Waals surface area contributed by atoms with E-state index in [1.165, 1.54) is 0 Å². The Hall–Kier alpha value is -2.92. The summed E-state index contributed by atoms with van der Waals surface area (Å²) in [6.45, 7) is 8.00. The molecule has 0 aliphatic rings. The first-order valence-electron chi connectivity index (χ1n) is 9.32. The van der Waals surface area contributed by atoms with Crippen molar-refractivity contribution in [3.05, 3.63) is 90.3 Å². The summed E-state index contributed by atoms with van der Waals surface area (Å²) in [5.41, 5.74) is 4.23. The molecule has 0 saturated heterocycles. The van der Waals surface area contributed by atoms with Gasteiger partial charge in [0.05, 0.1) is 12.0 Å². The average molecular weight is 345 g/mol. The van der Waals surface area contributed by atoms with Crippen molar-refractivity contribution >= 4 is 0 Å². The lowest BCUT2D eigenvalue weighted by molar-refractivity contribution is 0.822. The minimum atomic E-state index is -0.156. The fraction of sp³-hybridized carbons (Fsp3) is 0.250. The highest BCUT2D eigenvalue weighted by molar-refractivity contribution is 5.62. The van der Waals surface area contributed by atoms with E-state index in [9.17, 15) is 5.26 Å². The van der Waals surface area contributed by atoms with Gasteiger partial charge in [-0.1, -0.05) is 94.4 Å². The molecular weight excluding hydrogens is 316 g/mol. The van der Waals surface area contributed by atoms with Crippen LogP contribution in [0, 0.1) is 11.3 Å². The molecule has 0 amide bonds. The number of pyridine rings is 1. The van der Waals surface area contributed by atoms with E-state index in [1.807, 2.05) is 88.5 Å². The van der Waals surface area contributed by atoms with Crippen LogP contribution in [-0.4, -0.2) is 4.98 Å². The van der Waals surface area contributed by atoms with Crippen LogP contribution in [0.25, 0.3) is 11.1 Å². The summed E-state index contributed by atoms with van der Waals surface area (Å²) in [7, 11) is 0. The fourth-order valence-corrected chi connectivity index (χ4v) is 2.48. The second-order valence-electron chi connectivity index (χ2n) is 5.20. The number of nitriles is 1. The highest BCUT2D eigenvalue weighted by atomic mass is 14.7. The Morgan fingerprint density at radius 3 is 1.85 bits per heavy atom. The van der Waals surface area contributed by atoms with E-state index in [4.69, 9.17) is 0 Å². The molecule has 1 aromatic heterocycles. The molecule has 0 aliphatic carbocycles. The molecule has 0 bridgehead atoms. The molecule has 0 fully saturated rings. The minimum absolute atomic E-state index is 0.156. The number of benzene rings is 2. The van der Waals surface area contributed by atoms with Crippen molar-refractivity contribution in [1.82, 2.24) is 4.98 Å². The first kappa shape index (κ1) is 21.1. The van der Waals surface area contributed by atoms with Crippen LogP contribution in [0.5, 0.6) is 0 Å². The molecule has 0 radical (unpaired) electrons. The first-order chi connectivity index (χ1) is 12.9. The fourth-order valence-electron chi connectivity index (χ4n) is 2.48. The van der Waals surface area contributed by atoms with Crippen LogP contribution in [0.15, 0.2) is 79.0 Å². The normalized spacial score (nSPS) is 10.3. The van der Waals surface area contributed by atoms with Crippen LogP contribution in [0.2, 0.25) is 0 Å². The van der Waals surface area contributed by atoms with E-state index in [0.717, 1.165) is 22.4 Å². The molecule has 26 heavy (non-hydrogen) atoms. The lowest BCUT2D eigenvalue weighted by atomic mass is 9.95. The Morgan fingerprint density at radius 1 is 0.769 bits per heavy atom. The second kappa shape index (κ2) is 12.4. The molecule has 2 nitrogen and oxygen atoms in total. The number of aromatic nitrogens is 1. The third kappa shape index (κ3) is 6.18. The second-order valence-corrected chi connectivity index (χ2v) is 5.20. The maximum atomic E-state index is 9.40. The predicted octanol–water partition coefficient (Wildman–Crippen LogP) is 6.65. The van der Waals surface area contributed by atoms with E-state index >= 15 is 0 Å². The standard InChI is InChI=1S/C20H16N2.2C2H6/c21-14-19(17-9-5-2-6-10-17)13-20-12-11-18(15-22-20)16-7-3-1-4-8-16;2*1-2/h1-12,15,19H,13H2;2*1-2H3. The molecule has 0 spiro atoms. The van der Waals surface area contributed by atoms with Crippen LogP contribution in [0.3, 0.4) is 0 Å². The molecule has 3 aromatic rings. The van der Waals surface area contributed by atoms with Crippen LogP contribution >= 0.6 is 0 Å². The number of hydrogen-bond donors (Lipinski definition) is 0. The molecule has 0 aliphatic heterocycles. The van der Waals surface area contributed by atoms with Crippen LogP contribution in [-0.2, 0) is 6.42 Å². The molecular formula is C24H28N2. The zero-order chi connectivity index (χ0) is 19.2. The van der Waals surface area contributed by atoms with Gasteiger partial charge in [-0.3, -0.25) is 4.98 Å². The highest BCUT2D eigenvalue weighted by Gasteiger charge is 2.12. The van der Waals surface area contributed by atoms with Crippen LogP contribution < -0.4 is 0 Å². The Kier molecular flexibility index (Phi) is 10.1. The van der Waals surface area contributed by atoms with Gasteiger partial charge in [-0.2, -0.15) is 5.26 Å². The number of rotatable bonds is 4. The predicted molar refractivity (Wildman–Crippen MR) is 111 cm³/mol. The average Bonchev–Trinajstić information content (AvgIpc) is 2.76. The number of hydrogen-bond acceptors (Lipinski definition) is 2. The topological polar surface area (TPSA) is 36.7 Å². The molecule has 134 valence electrons. The van der Waals surface area contributed by atoms with Gasteiger partial charge in [0.25, 0.3) is 0 Å². The van der Waals surface area contributed by atoms with Gasteiger partial charge in [0.2, 0.25) is 0 Å². The minimum Gasteiger partial charge on any atom is -0.261 e. The molecule has 0 saturated carbocycles. The summed E-state index contributed by atoms with van der Waals surface area (Å²) in [6.07, 6.45) is 2.51. The molecule has 2 heteroatoms. The van der Waals surface area contributed by atoms with Crippen molar-refractivity contribution < 1.29 is 0 Å². The van der Waals surface area contributed by atoms with Gasteiger partial charge < -0.3 is 0 Å². The summed E-state index contributed by atoms with van der Waals surface area (Å²) >= 11 is 0. The molecule has 1 heterocycles. The van der Waals surface area contributed by atoms with Crippen molar-refractivity contribution in [1.29, 1.82) is 5.26 Å². The molecule has 2 aromatic carbocycles. The summed E-state index contributed by atoms with van der Waals surface area (Å²) in [6, 6.07) is 26.5. The summed E-state index contributed by atoms with van der Waals surface area (Å²) in [5.74, 6) is -0.156. The Balaban J connectivity index is 0.000000791. The zero-order valence-electron chi connectivity index (χ0n) is 16.2. The smallest absolute Gasteiger partial charge is 0.0768 e. The van der Waals surface area contributed by atoms with Crippen molar-refractivity contribution in [3.63, 3.8) is 0 Å². The van der Waals surface area contributed by atoms with E-state index in [-0.39, 0.29) is 5.92 Å². The molecule has 3 rings (SSSR count). The van der Waals surface area contributed by atoms with Crippen molar-refractivity contribution in [2.45, 2.75) is 40.0 Å². The first-order valence-corrected chi connectivity index (χ1v) is 9.32. The third-order valence-electron chi connectivity index (χ3n) is 3.70. The Morgan fingerprint density at radius 2 is 1.35 bits per heavy atom. The van der Waals surface area contributed by atoms with Gasteiger partial charge >= 0.3 is 0 Å². The summed E-state index contributed by atoms with van der Waals surface area (Å²) in [4.78, 5) is 4.52. The molecule has 0 N–H and O–H groups in total. The van der Waals surface area contributed by atoms with Crippen molar-refractivity contribution in [2.75, 3.05) is 0 Å². The van der Waals surface area contributed by atoms with Gasteiger partial charge in [-0.05, 0) is 17.2 Å². The third-order valence-corrected chi connectivity index (χ3v) is 3.70. The van der Waals surface area contributed by atoms with Crippen molar-refractivity contribution in [3.8, 4) is 17.2 Å². The van der Waals surface area contributed by atoms with E-state index < -0.39 is 0 Å². The van der Waals surface area contributed by atoms with Gasteiger partial charge in [0, 0.05) is 23.9 Å². The quantitative estimate of drug-likeness (QED) is 0.531. The lowest BCUT2D eigenvalue weighted by Gasteiger charge is -2.09. The van der Waals surface area contributed by atoms with E-state index in [0.29, 0.717) is 6.42 Å². The maximum Gasteiger partial charge on any atom is 0.0768 e. The molecule has 1 atom stereocenters. The van der Waals surface area contributed by atoms with Gasteiger partial charge in [0.1, 0.15) is 0 Å². The van der Waals surface area contributed by atoms with Crippen molar-refractivity contribution in [2.24, 2.45) is 0 Å². The van der Waals surface area contributed by atoms with Crippen LogP contribution in [0.1, 0.15) is 44.9 Å². The SMILES string of the molecule is CC.CC.N#CC(Cc1ccc(-c2ccccc2)cn1)c1ccccc1. The van der Waals surface area contributed by atoms with E-state index in [2.05, 4.69) is 29.3 Å². The lowest BCUT2D eigenvalue weighted by Crippen LogP contribution is -2.02. The Bertz CT molecular complexity index is 757. The number of nitrogens with zero attached hydrogens (tertiary/aromatic N) is 2. The Labute approximate surface area is 158 Å².